The summed E-state index contributed by atoms with van der Waals surface area (Å²) in [7, 11) is 0. The first kappa shape index (κ1) is 16.5. The summed E-state index contributed by atoms with van der Waals surface area (Å²) in [5, 5.41) is 10.8. The van der Waals surface area contributed by atoms with Gasteiger partial charge in [0.15, 0.2) is 0 Å². The molecule has 2 unspecified atom stereocenters. The third-order valence-corrected chi connectivity index (χ3v) is 4.20. The lowest BCUT2D eigenvalue weighted by atomic mass is 10.1. The van der Waals surface area contributed by atoms with Gasteiger partial charge in [-0.15, -0.1) is 11.8 Å². The van der Waals surface area contributed by atoms with Crippen LogP contribution in [0.2, 0.25) is 0 Å². The number of nitro groups is 1. The van der Waals surface area contributed by atoms with E-state index < -0.39 is 22.2 Å². The fourth-order valence-electron chi connectivity index (χ4n) is 1.81. The van der Waals surface area contributed by atoms with Crippen molar-refractivity contribution in [1.82, 2.24) is 0 Å². The summed E-state index contributed by atoms with van der Waals surface area (Å²) in [6, 6.07) is 7.73. The number of ether oxygens (including phenoxy) is 1. The Kier molecular flexibility index (Phi) is 7.08. The molecule has 0 aliphatic rings. The zero-order valence-corrected chi connectivity index (χ0v) is 12.5. The van der Waals surface area contributed by atoms with E-state index >= 15 is 0 Å². The van der Waals surface area contributed by atoms with E-state index in [-0.39, 0.29) is 6.61 Å². The Labute approximate surface area is 122 Å². The summed E-state index contributed by atoms with van der Waals surface area (Å²) in [4.78, 5) is 22.6. The second-order valence-electron chi connectivity index (χ2n) is 4.18. The van der Waals surface area contributed by atoms with Gasteiger partial charge in [0.25, 0.3) is 0 Å². The molecule has 110 valence electrons. The van der Waals surface area contributed by atoms with Crippen LogP contribution < -0.4 is 0 Å². The van der Waals surface area contributed by atoms with Crippen LogP contribution in [0.1, 0.15) is 31.1 Å². The third kappa shape index (κ3) is 4.52. The minimum absolute atomic E-state index is 0.142. The SMILES string of the molecule is CCCSC(c1ccccc1)C(C(=O)OCC)[N+](=O)[O-]. The molecular weight excluding hydrogens is 278 g/mol. The van der Waals surface area contributed by atoms with E-state index in [1.807, 2.05) is 37.3 Å². The number of carbonyl (C=O) groups excluding carboxylic acids is 1. The zero-order valence-electron chi connectivity index (χ0n) is 11.7. The Balaban J connectivity index is 3.05. The molecule has 0 radical (unpaired) electrons. The number of hydrogen-bond donors (Lipinski definition) is 0. The van der Waals surface area contributed by atoms with Crippen LogP contribution in [0.25, 0.3) is 0 Å². The molecule has 20 heavy (non-hydrogen) atoms. The molecule has 0 aromatic heterocycles. The summed E-state index contributed by atoms with van der Waals surface area (Å²) in [5.74, 6) is -0.0153. The van der Waals surface area contributed by atoms with Gasteiger partial charge >= 0.3 is 12.0 Å². The highest BCUT2D eigenvalue weighted by Gasteiger charge is 2.41. The van der Waals surface area contributed by atoms with Crippen molar-refractivity contribution < 1.29 is 14.5 Å². The van der Waals surface area contributed by atoms with Crippen LogP contribution in [0.3, 0.4) is 0 Å². The van der Waals surface area contributed by atoms with Crippen LogP contribution in [-0.4, -0.2) is 29.3 Å². The molecule has 0 spiro atoms. The molecule has 1 rings (SSSR count). The number of hydrogen-bond acceptors (Lipinski definition) is 5. The summed E-state index contributed by atoms with van der Waals surface area (Å²) in [6.45, 7) is 3.79. The Morgan fingerprint density at radius 2 is 2.00 bits per heavy atom. The molecule has 0 aliphatic heterocycles. The summed E-state index contributed by atoms with van der Waals surface area (Å²) < 4.78 is 4.85. The molecule has 0 aliphatic carbocycles. The Bertz CT molecular complexity index is 438. The van der Waals surface area contributed by atoms with Crippen molar-refractivity contribution in [1.29, 1.82) is 0 Å². The Morgan fingerprint density at radius 3 is 2.50 bits per heavy atom. The first-order valence-electron chi connectivity index (χ1n) is 6.58. The van der Waals surface area contributed by atoms with Gasteiger partial charge in [0.1, 0.15) is 5.25 Å². The highest BCUT2D eigenvalue weighted by atomic mass is 32.2. The molecule has 0 saturated carbocycles. The molecule has 5 nitrogen and oxygen atoms in total. The van der Waals surface area contributed by atoms with Crippen LogP contribution in [0, 0.1) is 10.1 Å². The van der Waals surface area contributed by atoms with Crippen molar-refractivity contribution in [2.24, 2.45) is 0 Å². The lowest BCUT2D eigenvalue weighted by Gasteiger charge is -2.19. The van der Waals surface area contributed by atoms with Crippen molar-refractivity contribution in [2.45, 2.75) is 31.6 Å². The van der Waals surface area contributed by atoms with E-state index in [4.69, 9.17) is 4.74 Å². The smallest absolute Gasteiger partial charge is 0.383 e. The fraction of sp³-hybridized carbons (Fsp3) is 0.500. The Morgan fingerprint density at radius 1 is 1.35 bits per heavy atom. The van der Waals surface area contributed by atoms with Crippen molar-refractivity contribution in [3.8, 4) is 0 Å². The van der Waals surface area contributed by atoms with Crippen LogP contribution in [0.4, 0.5) is 0 Å². The van der Waals surface area contributed by atoms with E-state index in [2.05, 4.69) is 0 Å². The molecule has 1 aromatic carbocycles. The zero-order chi connectivity index (χ0) is 15.0. The summed E-state index contributed by atoms with van der Waals surface area (Å²) in [6.07, 6.45) is 0.890. The van der Waals surface area contributed by atoms with E-state index in [1.54, 1.807) is 6.92 Å². The van der Waals surface area contributed by atoms with Gasteiger partial charge in [-0.25, -0.2) is 4.79 Å². The predicted molar refractivity (Wildman–Crippen MR) is 79.3 cm³/mol. The van der Waals surface area contributed by atoms with Crippen LogP contribution in [-0.2, 0) is 9.53 Å². The lowest BCUT2D eigenvalue weighted by Crippen LogP contribution is -2.36. The number of thioether (sulfide) groups is 1. The minimum atomic E-state index is -1.37. The van der Waals surface area contributed by atoms with E-state index in [9.17, 15) is 14.9 Å². The average Bonchev–Trinajstić information content (AvgIpc) is 2.44. The van der Waals surface area contributed by atoms with E-state index in [1.165, 1.54) is 11.8 Å². The highest BCUT2D eigenvalue weighted by Crippen LogP contribution is 2.34. The highest BCUT2D eigenvalue weighted by molar-refractivity contribution is 7.99. The molecule has 6 heteroatoms. The lowest BCUT2D eigenvalue weighted by molar-refractivity contribution is -0.510. The molecule has 1 aromatic rings. The number of rotatable bonds is 8. The van der Waals surface area contributed by atoms with Gasteiger partial charge < -0.3 is 4.74 Å². The van der Waals surface area contributed by atoms with Crippen LogP contribution >= 0.6 is 11.8 Å². The minimum Gasteiger partial charge on any atom is -0.461 e. The van der Waals surface area contributed by atoms with Gasteiger partial charge in [0, 0.05) is 4.92 Å². The van der Waals surface area contributed by atoms with Gasteiger partial charge in [0.2, 0.25) is 0 Å². The third-order valence-electron chi connectivity index (χ3n) is 2.67. The number of nitrogens with zero attached hydrogens (tertiary/aromatic N) is 1. The maximum atomic E-state index is 11.9. The second-order valence-corrected chi connectivity index (χ2v) is 5.43. The normalized spacial score (nSPS) is 13.5. The monoisotopic (exact) mass is 297 g/mol. The fourth-order valence-corrected chi connectivity index (χ4v) is 3.04. The van der Waals surface area contributed by atoms with E-state index in [0.717, 1.165) is 17.7 Å². The number of esters is 1. The molecule has 0 fully saturated rings. The van der Waals surface area contributed by atoms with Gasteiger partial charge in [-0.1, -0.05) is 37.3 Å². The Hall–Kier alpha value is -1.56. The number of carbonyl (C=O) groups is 1. The molecule has 2 atom stereocenters. The van der Waals surface area contributed by atoms with E-state index in [0.29, 0.717) is 0 Å². The van der Waals surface area contributed by atoms with Gasteiger partial charge in [-0.05, 0) is 24.7 Å². The van der Waals surface area contributed by atoms with Crippen molar-refractivity contribution in [3.05, 3.63) is 46.0 Å². The quantitative estimate of drug-likeness (QED) is 0.419. The first-order chi connectivity index (χ1) is 9.61. The van der Waals surface area contributed by atoms with Gasteiger partial charge in [-0.3, -0.25) is 10.1 Å². The van der Waals surface area contributed by atoms with Crippen molar-refractivity contribution >= 4 is 17.7 Å². The molecule has 0 N–H and O–H groups in total. The van der Waals surface area contributed by atoms with Crippen LogP contribution in [0.15, 0.2) is 30.3 Å². The standard InChI is InChI=1S/C14H19NO4S/c1-3-10-20-13(11-8-6-5-7-9-11)12(15(17)18)14(16)19-4-2/h5-9,12-13H,3-4,10H2,1-2H3. The molecule has 0 bridgehead atoms. The second kappa shape index (κ2) is 8.58. The largest absolute Gasteiger partial charge is 0.461 e. The molecule has 0 amide bonds. The van der Waals surface area contributed by atoms with Gasteiger partial charge in [0.05, 0.1) is 6.61 Å². The summed E-state index contributed by atoms with van der Waals surface area (Å²) in [5.41, 5.74) is 0.778. The topological polar surface area (TPSA) is 69.4 Å². The maximum Gasteiger partial charge on any atom is 0.383 e. The van der Waals surface area contributed by atoms with Crippen molar-refractivity contribution in [3.63, 3.8) is 0 Å². The molecular formula is C14H19NO4S. The van der Waals surface area contributed by atoms with Gasteiger partial charge in [-0.2, -0.15) is 0 Å². The maximum absolute atomic E-state index is 11.9. The average molecular weight is 297 g/mol. The predicted octanol–water partition coefficient (Wildman–Crippen LogP) is 3.08. The molecule has 0 saturated heterocycles. The summed E-state index contributed by atoms with van der Waals surface area (Å²) >= 11 is 1.42. The first-order valence-corrected chi connectivity index (χ1v) is 7.63. The van der Waals surface area contributed by atoms with Crippen LogP contribution in [0.5, 0.6) is 0 Å². The molecule has 0 heterocycles. The number of benzene rings is 1. The van der Waals surface area contributed by atoms with Crippen molar-refractivity contribution in [2.75, 3.05) is 12.4 Å².